The smallest absolute Gasteiger partial charge is 0.338 e. The molecule has 5 N–H and O–H groups in total. The van der Waals surface area contributed by atoms with Crippen molar-refractivity contribution in [2.24, 2.45) is 33.5 Å². The number of benzene rings is 3. The summed E-state index contributed by atoms with van der Waals surface area (Å²) in [6.07, 6.45) is -13.7. The van der Waals surface area contributed by atoms with Gasteiger partial charge < -0.3 is 67.9 Å². The summed E-state index contributed by atoms with van der Waals surface area (Å²) in [5.74, 6) is -8.26. The van der Waals surface area contributed by atoms with Crippen molar-refractivity contribution in [3.8, 4) is 0 Å². The number of ether oxygens (including phenoxy) is 8. The maximum atomic E-state index is 15.8. The summed E-state index contributed by atoms with van der Waals surface area (Å²) in [7, 11) is -2.85. The van der Waals surface area contributed by atoms with E-state index in [2.05, 4.69) is 0 Å². The molecule has 0 spiro atoms. The molecule has 8 aliphatic rings. The van der Waals surface area contributed by atoms with E-state index in [0.717, 1.165) is 5.19 Å². The molecule has 18 atom stereocenters. The Labute approximate surface area is 554 Å². The van der Waals surface area contributed by atoms with Gasteiger partial charge in [-0.15, -0.1) is 0 Å². The fraction of sp³-hybridized carbons (Fsp3) is 0.583. The van der Waals surface area contributed by atoms with E-state index in [9.17, 15) is 59.1 Å². The van der Waals surface area contributed by atoms with Gasteiger partial charge in [-0.2, -0.15) is 0 Å². The Kier molecular flexibility index (Phi) is 18.9. The highest BCUT2D eigenvalue weighted by Gasteiger charge is 2.81. The minimum absolute atomic E-state index is 0.0397. The van der Waals surface area contributed by atoms with Gasteiger partial charge in [-0.25, -0.2) is 9.59 Å². The molecule has 2 saturated heterocycles. The number of fused-ring (bicyclic) bond motifs is 10. The van der Waals surface area contributed by atoms with Crippen molar-refractivity contribution in [2.45, 2.75) is 218 Å². The van der Waals surface area contributed by atoms with Gasteiger partial charge in [0.1, 0.15) is 35.6 Å². The first-order chi connectivity index (χ1) is 44.4. The number of aliphatic hydroxyl groups excluding tert-OH is 3. The normalized spacial score (nSPS) is 37.2. The number of Topliss-reactive ketones (excluding diaryl/α,β-unsaturated/α-hetero) is 2. The van der Waals surface area contributed by atoms with Crippen LogP contribution in [0.25, 0.3) is 0 Å². The van der Waals surface area contributed by atoms with Gasteiger partial charge >= 0.3 is 35.8 Å². The van der Waals surface area contributed by atoms with Crippen LogP contribution in [0, 0.1) is 33.5 Å². The third-order valence-corrected chi connectivity index (χ3v) is 25.4. The van der Waals surface area contributed by atoms with E-state index in [-0.39, 0.29) is 74.0 Å². The highest BCUT2D eigenvalue weighted by atomic mass is 28.4. The molecule has 3 aromatic carbocycles. The first kappa shape index (κ1) is 71.0. The third-order valence-electron chi connectivity index (χ3n) is 22.8. The maximum Gasteiger partial charge on any atom is 0.338 e. The minimum atomic E-state index is -2.85. The standard InChI is InChI=1S/C40H50O11Si.C32H40O11/c1-9-30(43)48-32-31-23(2)27(42)21-40(46,37(31,4)5)35(49-36(45)25-16-12-10-13-17-25)33-38(6,34(32)44)28(20-29-39(33,22-47-29)50-24(3)41)51-52(7,8)26-18-14-11-15-19-26;1-7-22(36)41-24-23-16(2)19(34)14-32(39,29(23,4)5)27(42-28(38)18-11-9-8-10-12-18)25-30(6,26(24)37)20(35)13-21-31(25,15-40-21)43-17(3)33/h10-19,27-29,32-33,35,42,46H,9,20-22H2,1-8H3;8-12,19-21,24-25,27,34-35,39H,7,13-15H2,1-6H3/t27-,28?,29+,32+,33?,35-,38+,39-,40+;19-,20-,21+,24+,25?,27-,30+,31-,32+/m00/s1. The van der Waals surface area contributed by atoms with E-state index >= 15 is 4.79 Å². The Hall–Kier alpha value is -6.80. The van der Waals surface area contributed by atoms with Crippen LogP contribution in [0.5, 0.6) is 0 Å². The molecule has 11 rings (SSSR count). The lowest BCUT2D eigenvalue weighted by Gasteiger charge is -2.68. The molecule has 2 heterocycles. The topological polar surface area (TPSA) is 321 Å². The van der Waals surface area contributed by atoms with Crippen molar-refractivity contribution in [3.05, 3.63) is 124 Å². The van der Waals surface area contributed by atoms with Gasteiger partial charge in [0, 0.05) is 63.2 Å². The van der Waals surface area contributed by atoms with Gasteiger partial charge in [-0.05, 0) is 92.5 Å². The van der Waals surface area contributed by atoms with Gasteiger partial charge in [-0.1, -0.05) is 108 Å². The second-order valence-corrected chi connectivity index (χ2v) is 32.8. The highest BCUT2D eigenvalue weighted by Crippen LogP contribution is 2.67. The fourth-order valence-electron chi connectivity index (χ4n) is 17.3. The Bertz CT molecular complexity index is 3610. The van der Waals surface area contributed by atoms with E-state index in [0.29, 0.717) is 11.1 Å². The van der Waals surface area contributed by atoms with Crippen LogP contribution in [0.15, 0.2) is 113 Å². The molecule has 0 amide bonds. The second kappa shape index (κ2) is 25.2. The van der Waals surface area contributed by atoms with Crippen LogP contribution in [0.3, 0.4) is 0 Å². The quantitative estimate of drug-likeness (QED) is 0.0548. The number of hydrogen-bond acceptors (Lipinski definition) is 22. The third kappa shape index (κ3) is 11.2. The van der Waals surface area contributed by atoms with Crippen molar-refractivity contribution >= 4 is 60.9 Å². The number of carbonyl (C=O) groups excluding carboxylic acids is 8. The molecule has 95 heavy (non-hydrogen) atoms. The van der Waals surface area contributed by atoms with E-state index < -0.39 is 173 Å². The lowest BCUT2D eigenvalue weighted by Crippen LogP contribution is -2.82. The molecule has 0 radical (unpaired) electrons. The van der Waals surface area contributed by atoms with E-state index in [1.54, 1.807) is 111 Å². The molecule has 2 aliphatic heterocycles. The zero-order valence-corrected chi connectivity index (χ0v) is 57.4. The molecule has 4 saturated carbocycles. The van der Waals surface area contributed by atoms with E-state index in [1.807, 2.05) is 43.4 Å². The second-order valence-electron chi connectivity index (χ2n) is 29.0. The molecular formula is C72H90O22Si. The minimum Gasteiger partial charge on any atom is -0.455 e. The molecule has 22 nitrogen and oxygen atoms in total. The van der Waals surface area contributed by atoms with Crippen molar-refractivity contribution < 1.29 is 106 Å². The molecule has 514 valence electrons. The number of hydrogen-bond donors (Lipinski definition) is 5. The van der Waals surface area contributed by atoms with Gasteiger partial charge in [-0.3, -0.25) is 28.8 Å². The fourth-order valence-corrected chi connectivity index (χ4v) is 19.5. The predicted molar refractivity (Wildman–Crippen MR) is 341 cm³/mol. The van der Waals surface area contributed by atoms with Crippen LogP contribution < -0.4 is 5.19 Å². The zero-order valence-electron chi connectivity index (χ0n) is 56.4. The lowest BCUT2D eigenvalue weighted by atomic mass is 9.44. The number of ketones is 2. The van der Waals surface area contributed by atoms with Crippen molar-refractivity contribution in [1.82, 2.24) is 0 Å². The van der Waals surface area contributed by atoms with Crippen molar-refractivity contribution in [1.29, 1.82) is 0 Å². The van der Waals surface area contributed by atoms with E-state index in [4.69, 9.17) is 42.3 Å². The lowest BCUT2D eigenvalue weighted by molar-refractivity contribution is -0.346. The first-order valence-corrected chi connectivity index (χ1v) is 35.6. The SMILES string of the molecule is CCC(=O)O[C@H]1C(=O)[C@@]2(C)C([C@H](OC(=O)c3ccccc3)[C@]3(O)C[C@H](O)C(C)=C1C3(C)C)[C@]1(OC(C)=O)CO[C@@H]1C[C@@H]2O.CCC(=O)O[C@H]1C(=O)[C@]2(C)C(O[Si](C)(C)c3ccccc3)C[C@H]3OC[C@@]3(OC(C)=O)C2[C@H](OC(=O)c2ccccc2)[C@]2(O)C[C@H](O)C(C)=C1C2(C)C. The first-order valence-electron chi connectivity index (χ1n) is 32.7. The van der Waals surface area contributed by atoms with Gasteiger partial charge in [0.2, 0.25) is 8.32 Å². The van der Waals surface area contributed by atoms with Crippen LogP contribution in [-0.2, 0) is 71.1 Å². The Morgan fingerprint density at radius 3 is 1.28 bits per heavy atom. The van der Waals surface area contributed by atoms with E-state index in [1.165, 1.54) is 32.9 Å². The molecule has 6 aliphatic carbocycles. The Morgan fingerprint density at radius 2 is 0.916 bits per heavy atom. The summed E-state index contributed by atoms with van der Waals surface area (Å²) < 4.78 is 55.8. The summed E-state index contributed by atoms with van der Waals surface area (Å²) in [5, 5.41) is 62.0. The van der Waals surface area contributed by atoms with Gasteiger partial charge in [0.05, 0.1) is 71.4 Å². The summed E-state index contributed by atoms with van der Waals surface area (Å²) >= 11 is 0. The summed E-state index contributed by atoms with van der Waals surface area (Å²) in [5.41, 5.74) is -12.4. The zero-order chi connectivity index (χ0) is 69.7. The average molecular weight is 1340 g/mol. The summed E-state index contributed by atoms with van der Waals surface area (Å²) in [4.78, 5) is 110. The Morgan fingerprint density at radius 1 is 0.547 bits per heavy atom. The van der Waals surface area contributed by atoms with Crippen LogP contribution in [0.2, 0.25) is 13.1 Å². The largest absolute Gasteiger partial charge is 0.455 e. The monoisotopic (exact) mass is 1330 g/mol. The molecule has 0 aromatic heterocycles. The number of esters is 6. The molecule has 23 heteroatoms. The van der Waals surface area contributed by atoms with Crippen LogP contribution >= 0.6 is 0 Å². The van der Waals surface area contributed by atoms with Crippen LogP contribution in [0.4, 0.5) is 0 Å². The molecular weight excluding hydrogens is 1240 g/mol. The number of carbonyl (C=O) groups is 8. The van der Waals surface area contributed by atoms with Crippen molar-refractivity contribution in [3.63, 3.8) is 0 Å². The predicted octanol–water partition coefficient (Wildman–Crippen LogP) is 6.22. The maximum absolute atomic E-state index is 15.8. The van der Waals surface area contributed by atoms with Gasteiger partial charge in [0.15, 0.2) is 35.0 Å². The summed E-state index contributed by atoms with van der Waals surface area (Å²) in [6.45, 7) is 22.4. The van der Waals surface area contributed by atoms with Crippen molar-refractivity contribution in [2.75, 3.05) is 13.2 Å². The summed E-state index contributed by atoms with van der Waals surface area (Å²) in [6, 6.07) is 26.0. The molecule has 4 bridgehead atoms. The van der Waals surface area contributed by atoms with Gasteiger partial charge in [0.25, 0.3) is 0 Å². The Balaban J connectivity index is 0.000000211. The average Bonchev–Trinajstić information content (AvgIpc) is 0.674. The van der Waals surface area contributed by atoms with Crippen LogP contribution in [0.1, 0.15) is 142 Å². The number of aliphatic hydroxyl groups is 5. The molecule has 3 unspecified atom stereocenters. The van der Waals surface area contributed by atoms with Crippen LogP contribution in [-0.4, -0.2) is 178 Å². The highest BCUT2D eigenvalue weighted by molar-refractivity contribution is 6.84. The molecule has 3 aromatic rings. The number of rotatable bonds is 13. The molecule has 6 fully saturated rings.